The molecule has 6 heteroatoms. The van der Waals surface area contributed by atoms with E-state index in [2.05, 4.69) is 18.0 Å². The molecule has 0 bridgehead atoms. The van der Waals surface area contributed by atoms with Crippen LogP contribution < -0.4 is 4.90 Å². The highest BCUT2D eigenvalue weighted by atomic mass is 32.1. The number of carbonyl (C=O) groups is 2. The Morgan fingerprint density at radius 1 is 1.31 bits per heavy atom. The molecular weight excluding hydrogens is 348 g/mol. The molecule has 1 aromatic heterocycles. The molecule has 2 aliphatic rings. The van der Waals surface area contributed by atoms with E-state index in [-0.39, 0.29) is 11.9 Å². The molecule has 1 aromatic rings. The molecule has 142 valence electrons. The number of amides is 1. The summed E-state index contributed by atoms with van der Waals surface area (Å²) in [5.41, 5.74) is 1.84. The molecule has 0 saturated carbocycles. The van der Waals surface area contributed by atoms with Crippen molar-refractivity contribution in [1.82, 2.24) is 4.90 Å². The van der Waals surface area contributed by atoms with Crippen LogP contribution in [-0.4, -0.2) is 48.1 Å². The molecule has 1 aliphatic heterocycles. The summed E-state index contributed by atoms with van der Waals surface area (Å²) >= 11 is 1.32. The van der Waals surface area contributed by atoms with E-state index in [4.69, 9.17) is 0 Å². The number of hydrogen-bond donors (Lipinski definition) is 1. The van der Waals surface area contributed by atoms with Crippen molar-refractivity contribution in [2.24, 2.45) is 0 Å². The first kappa shape index (κ1) is 19.1. The lowest BCUT2D eigenvalue weighted by Crippen LogP contribution is -2.47. The van der Waals surface area contributed by atoms with Crippen molar-refractivity contribution in [1.29, 1.82) is 0 Å². The van der Waals surface area contributed by atoms with Gasteiger partial charge in [-0.25, -0.2) is 4.79 Å². The average molecular weight is 377 g/mol. The van der Waals surface area contributed by atoms with Crippen molar-refractivity contribution in [3.05, 3.63) is 21.9 Å². The predicted octanol–water partition coefficient (Wildman–Crippen LogP) is 4.24. The molecule has 0 spiro atoms. The molecule has 26 heavy (non-hydrogen) atoms. The van der Waals surface area contributed by atoms with E-state index in [1.807, 2.05) is 13.0 Å². The van der Waals surface area contributed by atoms with E-state index in [0.29, 0.717) is 17.0 Å². The number of rotatable bonds is 5. The normalized spacial score (nSPS) is 19.2. The first-order valence-electron chi connectivity index (χ1n) is 9.58. The zero-order valence-corrected chi connectivity index (χ0v) is 16.5. The van der Waals surface area contributed by atoms with Crippen molar-refractivity contribution in [3.63, 3.8) is 0 Å². The Hall–Kier alpha value is -1.66. The number of anilines is 1. The lowest BCUT2D eigenvalue weighted by atomic mass is 9.98. The molecule has 1 aliphatic carbocycles. The largest absolute Gasteiger partial charge is 0.477 e. The highest BCUT2D eigenvalue weighted by Gasteiger charge is 2.32. The van der Waals surface area contributed by atoms with Gasteiger partial charge in [0.2, 0.25) is 5.91 Å². The van der Waals surface area contributed by atoms with Gasteiger partial charge < -0.3 is 14.9 Å². The van der Waals surface area contributed by atoms with E-state index >= 15 is 0 Å². The summed E-state index contributed by atoms with van der Waals surface area (Å²) in [6, 6.07) is 2.04. The quantitative estimate of drug-likeness (QED) is 0.835. The fraction of sp³-hybridized carbons (Fsp3) is 0.600. The number of piperidine rings is 1. The maximum absolute atomic E-state index is 12.8. The number of likely N-dealkylation sites (tertiary alicyclic amines) is 1. The van der Waals surface area contributed by atoms with Gasteiger partial charge in [0.05, 0.1) is 5.69 Å². The van der Waals surface area contributed by atoms with Crippen LogP contribution in [0.3, 0.4) is 0 Å². The van der Waals surface area contributed by atoms with Crippen LogP contribution in [0.1, 0.15) is 66.4 Å². The fourth-order valence-electron chi connectivity index (χ4n) is 3.89. The van der Waals surface area contributed by atoms with Crippen molar-refractivity contribution in [2.45, 2.75) is 57.9 Å². The summed E-state index contributed by atoms with van der Waals surface area (Å²) in [7, 11) is 2.09. The molecular formula is C20H28N2O3S. The predicted molar refractivity (Wildman–Crippen MR) is 106 cm³/mol. The minimum absolute atomic E-state index is 0.0176. The second-order valence-corrected chi connectivity index (χ2v) is 8.31. The SMILES string of the molecule is CCC(=O)N(c1cc(C2=CCCCC2)sc1C(=O)O)C1CCN(C)CC1. The summed E-state index contributed by atoms with van der Waals surface area (Å²) in [6.45, 7) is 3.72. The van der Waals surface area contributed by atoms with Crippen LogP contribution in [0.25, 0.3) is 5.57 Å². The van der Waals surface area contributed by atoms with Crippen molar-refractivity contribution >= 4 is 34.5 Å². The van der Waals surface area contributed by atoms with E-state index in [1.165, 1.54) is 23.3 Å². The Labute approximate surface area is 159 Å². The molecule has 1 amide bonds. The Kier molecular flexibility index (Phi) is 6.14. The molecule has 0 atom stereocenters. The maximum atomic E-state index is 12.8. The summed E-state index contributed by atoms with van der Waals surface area (Å²) in [5.74, 6) is -0.918. The first-order chi connectivity index (χ1) is 12.5. The Bertz CT molecular complexity index is 702. The Morgan fingerprint density at radius 3 is 2.62 bits per heavy atom. The number of aromatic carboxylic acids is 1. The van der Waals surface area contributed by atoms with Gasteiger partial charge in [-0.15, -0.1) is 11.3 Å². The zero-order valence-electron chi connectivity index (χ0n) is 15.7. The van der Waals surface area contributed by atoms with Gasteiger partial charge in [0, 0.05) is 17.3 Å². The molecule has 1 N–H and O–H groups in total. The van der Waals surface area contributed by atoms with Crippen LogP contribution in [0.15, 0.2) is 12.1 Å². The van der Waals surface area contributed by atoms with E-state index in [1.54, 1.807) is 4.90 Å². The monoisotopic (exact) mass is 376 g/mol. The smallest absolute Gasteiger partial charge is 0.348 e. The average Bonchev–Trinajstić information content (AvgIpc) is 3.09. The van der Waals surface area contributed by atoms with Crippen LogP contribution in [0, 0.1) is 0 Å². The standard InChI is InChI=1S/C20H28N2O3S/c1-3-18(23)22(15-9-11-21(2)12-10-15)16-13-17(26-19(16)20(24)25)14-7-5-4-6-8-14/h7,13,15H,3-6,8-12H2,1-2H3,(H,24,25). The minimum Gasteiger partial charge on any atom is -0.477 e. The van der Waals surface area contributed by atoms with Gasteiger partial charge in [0.15, 0.2) is 0 Å². The van der Waals surface area contributed by atoms with Crippen molar-refractivity contribution in [3.8, 4) is 0 Å². The van der Waals surface area contributed by atoms with Crippen molar-refractivity contribution in [2.75, 3.05) is 25.0 Å². The number of carbonyl (C=O) groups excluding carboxylic acids is 1. The second-order valence-electron chi connectivity index (χ2n) is 7.26. The third-order valence-electron chi connectivity index (χ3n) is 5.40. The van der Waals surface area contributed by atoms with Gasteiger partial charge in [0.25, 0.3) is 0 Å². The zero-order chi connectivity index (χ0) is 18.7. The van der Waals surface area contributed by atoms with E-state index in [0.717, 1.165) is 50.1 Å². The number of hydrogen-bond acceptors (Lipinski definition) is 4. The number of allylic oxidation sites excluding steroid dienone is 2. The molecule has 0 radical (unpaired) electrons. The van der Waals surface area contributed by atoms with Crippen LogP contribution in [0.4, 0.5) is 5.69 Å². The van der Waals surface area contributed by atoms with Crippen LogP contribution in [0.2, 0.25) is 0 Å². The summed E-state index contributed by atoms with van der Waals surface area (Å²) in [6.07, 6.45) is 8.78. The first-order valence-corrected chi connectivity index (χ1v) is 10.4. The van der Waals surface area contributed by atoms with Gasteiger partial charge >= 0.3 is 5.97 Å². The fourth-order valence-corrected chi connectivity index (χ4v) is 4.95. The Morgan fingerprint density at radius 2 is 2.04 bits per heavy atom. The molecule has 5 nitrogen and oxygen atoms in total. The lowest BCUT2D eigenvalue weighted by Gasteiger charge is -2.37. The molecule has 1 fully saturated rings. The molecule has 0 aromatic carbocycles. The van der Waals surface area contributed by atoms with E-state index < -0.39 is 5.97 Å². The van der Waals surface area contributed by atoms with Crippen LogP contribution in [-0.2, 0) is 4.79 Å². The minimum atomic E-state index is -0.936. The van der Waals surface area contributed by atoms with Crippen LogP contribution in [0.5, 0.6) is 0 Å². The summed E-state index contributed by atoms with van der Waals surface area (Å²) in [5, 5.41) is 9.77. The van der Waals surface area contributed by atoms with Gasteiger partial charge in [-0.3, -0.25) is 4.79 Å². The van der Waals surface area contributed by atoms with Gasteiger partial charge in [-0.05, 0) is 70.3 Å². The third-order valence-corrected chi connectivity index (χ3v) is 6.59. The van der Waals surface area contributed by atoms with E-state index in [9.17, 15) is 14.7 Å². The number of carboxylic acids is 1. The van der Waals surface area contributed by atoms with Gasteiger partial charge in [0.1, 0.15) is 4.88 Å². The maximum Gasteiger partial charge on any atom is 0.348 e. The van der Waals surface area contributed by atoms with Crippen LogP contribution >= 0.6 is 11.3 Å². The van der Waals surface area contributed by atoms with Gasteiger partial charge in [-0.1, -0.05) is 13.0 Å². The highest BCUT2D eigenvalue weighted by Crippen LogP contribution is 2.39. The Balaban J connectivity index is 1.99. The third kappa shape index (κ3) is 4.01. The topological polar surface area (TPSA) is 60.9 Å². The summed E-state index contributed by atoms with van der Waals surface area (Å²) < 4.78 is 0. The second kappa shape index (κ2) is 8.35. The number of carboxylic acid groups (broad SMARTS) is 1. The molecule has 2 heterocycles. The number of nitrogens with zero attached hydrogens (tertiary/aromatic N) is 2. The number of thiophene rings is 1. The lowest BCUT2D eigenvalue weighted by molar-refractivity contribution is -0.119. The van der Waals surface area contributed by atoms with Gasteiger partial charge in [-0.2, -0.15) is 0 Å². The molecule has 3 rings (SSSR count). The summed E-state index contributed by atoms with van der Waals surface area (Å²) in [4.78, 5) is 30.0. The molecule has 0 unspecified atom stereocenters. The highest BCUT2D eigenvalue weighted by molar-refractivity contribution is 7.15. The molecule has 1 saturated heterocycles. The van der Waals surface area contributed by atoms with Crippen molar-refractivity contribution < 1.29 is 14.7 Å².